The summed E-state index contributed by atoms with van der Waals surface area (Å²) in [5.74, 6) is -2.23. The summed E-state index contributed by atoms with van der Waals surface area (Å²) in [5, 5.41) is 8.10. The maximum Gasteiger partial charge on any atom is 0.408 e. The van der Waals surface area contributed by atoms with Crippen molar-refractivity contribution in [1.82, 2.24) is 20.9 Å². The van der Waals surface area contributed by atoms with E-state index in [2.05, 4.69) is 43.3 Å². The van der Waals surface area contributed by atoms with E-state index in [0.29, 0.717) is 45.1 Å². The first kappa shape index (κ1) is 35.8. The van der Waals surface area contributed by atoms with Gasteiger partial charge in [-0.3, -0.25) is 19.2 Å². The Morgan fingerprint density at radius 1 is 1.00 bits per heavy atom. The second-order valence-corrected chi connectivity index (χ2v) is 12.5. The summed E-state index contributed by atoms with van der Waals surface area (Å²) in [6, 6.07) is 5.34. The third-order valence-corrected chi connectivity index (χ3v) is 8.81. The van der Waals surface area contributed by atoms with Crippen molar-refractivity contribution in [1.29, 1.82) is 0 Å². The van der Waals surface area contributed by atoms with E-state index >= 15 is 0 Å². The minimum atomic E-state index is -0.994. The zero-order valence-corrected chi connectivity index (χ0v) is 27.4. The van der Waals surface area contributed by atoms with E-state index in [-0.39, 0.29) is 30.4 Å². The minimum absolute atomic E-state index is 0.143. The molecule has 3 unspecified atom stereocenters. The molecule has 3 N–H and O–H groups in total. The van der Waals surface area contributed by atoms with Crippen molar-refractivity contribution < 1.29 is 28.7 Å². The number of benzene rings is 1. The van der Waals surface area contributed by atoms with Gasteiger partial charge < -0.3 is 25.6 Å². The van der Waals surface area contributed by atoms with Gasteiger partial charge in [0.1, 0.15) is 18.2 Å². The SMILES string of the molecule is C=CCNC(=O)C(=O)C(CCC)NC(=O)[C@@H]1CCCN1C(=O)[C@@H](NC(=O)OC1CCCC1C)C1Cc2ccccc2C1.CCC. The molecule has 4 rings (SSSR count). The van der Waals surface area contributed by atoms with Gasteiger partial charge >= 0.3 is 6.09 Å². The van der Waals surface area contributed by atoms with Crippen molar-refractivity contribution in [3.05, 3.63) is 48.0 Å². The zero-order valence-electron chi connectivity index (χ0n) is 27.4. The number of Topliss-reactive ketones (excluding diaryl/α,β-unsaturated/α-hetero) is 1. The number of hydrogen-bond donors (Lipinski definition) is 3. The molecule has 1 heterocycles. The summed E-state index contributed by atoms with van der Waals surface area (Å²) >= 11 is 0. The third-order valence-electron chi connectivity index (χ3n) is 8.81. The van der Waals surface area contributed by atoms with Gasteiger partial charge in [0.2, 0.25) is 17.6 Å². The van der Waals surface area contributed by atoms with Crippen LogP contribution in [0, 0.1) is 11.8 Å². The number of amides is 4. The normalized spacial score (nSPS) is 21.9. The van der Waals surface area contributed by atoms with Crippen molar-refractivity contribution in [2.24, 2.45) is 11.8 Å². The fraction of sp³-hybridized carbons (Fsp3) is 0.629. The van der Waals surface area contributed by atoms with Crippen LogP contribution in [-0.2, 0) is 36.8 Å². The van der Waals surface area contributed by atoms with Gasteiger partial charge in [-0.05, 0) is 74.3 Å². The molecule has 45 heavy (non-hydrogen) atoms. The highest BCUT2D eigenvalue weighted by molar-refractivity contribution is 6.38. The Morgan fingerprint density at radius 2 is 1.67 bits per heavy atom. The smallest absolute Gasteiger partial charge is 0.408 e. The highest BCUT2D eigenvalue weighted by Crippen LogP contribution is 2.32. The van der Waals surface area contributed by atoms with E-state index in [1.165, 1.54) is 17.4 Å². The topological polar surface area (TPSA) is 134 Å². The van der Waals surface area contributed by atoms with E-state index < -0.39 is 41.8 Å². The zero-order chi connectivity index (χ0) is 32.9. The van der Waals surface area contributed by atoms with Gasteiger partial charge in [0, 0.05) is 13.1 Å². The maximum atomic E-state index is 14.1. The summed E-state index contributed by atoms with van der Waals surface area (Å²) in [7, 11) is 0. The molecule has 10 nitrogen and oxygen atoms in total. The summed E-state index contributed by atoms with van der Waals surface area (Å²) in [6.45, 7) is 12.2. The van der Waals surface area contributed by atoms with Crippen LogP contribution >= 0.6 is 0 Å². The lowest BCUT2D eigenvalue weighted by molar-refractivity contribution is -0.143. The number of hydrogen-bond acceptors (Lipinski definition) is 6. The largest absolute Gasteiger partial charge is 0.446 e. The predicted octanol–water partition coefficient (Wildman–Crippen LogP) is 4.25. The van der Waals surface area contributed by atoms with Crippen LogP contribution in [0.1, 0.15) is 90.2 Å². The second kappa shape index (κ2) is 17.7. The Balaban J connectivity index is 0.00000177. The van der Waals surface area contributed by atoms with Crippen molar-refractivity contribution >= 4 is 29.6 Å². The van der Waals surface area contributed by atoms with E-state index in [9.17, 15) is 24.0 Å². The number of fused-ring (bicyclic) bond motifs is 1. The van der Waals surface area contributed by atoms with Crippen LogP contribution in [0.2, 0.25) is 0 Å². The van der Waals surface area contributed by atoms with Crippen molar-refractivity contribution in [2.75, 3.05) is 13.1 Å². The number of ketones is 1. The average molecular weight is 625 g/mol. The number of ether oxygens (including phenoxy) is 1. The van der Waals surface area contributed by atoms with E-state index in [1.54, 1.807) is 0 Å². The average Bonchev–Trinajstić information content (AvgIpc) is 3.78. The van der Waals surface area contributed by atoms with E-state index in [1.807, 2.05) is 31.2 Å². The number of carbonyl (C=O) groups excluding carboxylic acids is 5. The van der Waals surface area contributed by atoms with Crippen molar-refractivity contribution in [3.8, 4) is 0 Å². The molecule has 2 fully saturated rings. The molecule has 5 atom stereocenters. The highest BCUT2D eigenvalue weighted by Gasteiger charge is 2.43. The summed E-state index contributed by atoms with van der Waals surface area (Å²) in [4.78, 5) is 67.3. The fourth-order valence-electron chi connectivity index (χ4n) is 6.51. The molecule has 0 spiro atoms. The molecule has 1 aromatic carbocycles. The first-order valence-electron chi connectivity index (χ1n) is 16.7. The summed E-state index contributed by atoms with van der Waals surface area (Å²) in [6.07, 6.45) is 7.91. The molecule has 3 aliphatic rings. The Morgan fingerprint density at radius 3 is 2.24 bits per heavy atom. The van der Waals surface area contributed by atoms with Crippen LogP contribution in [-0.4, -0.2) is 71.8 Å². The molecule has 2 aliphatic carbocycles. The number of nitrogens with one attached hydrogen (secondary N) is 3. The fourth-order valence-corrected chi connectivity index (χ4v) is 6.51. The van der Waals surface area contributed by atoms with Gasteiger partial charge in [-0.15, -0.1) is 6.58 Å². The lowest BCUT2D eigenvalue weighted by atomic mass is 9.95. The molecule has 0 aromatic heterocycles. The molecule has 0 radical (unpaired) electrons. The van der Waals surface area contributed by atoms with Gasteiger partial charge in [0.05, 0.1) is 6.04 Å². The standard InChI is InChI=1S/C32H44N4O6.C3H8/c1-4-10-24(28(37)30(39)33-16-5-2)34-29(38)25-14-9-17-36(25)31(40)27(23-18-21-12-6-7-13-22(21)19-23)35-32(41)42-26-15-8-11-20(26)3;1-3-2/h5-7,12-13,20,23-27H,2,4,8-11,14-19H2,1,3H3,(H,33,39)(H,34,38)(H,35,41);3H2,1-2H3/t20?,24?,25-,26?,27-;/m0./s1. The molecule has 1 aliphatic heterocycles. The Labute approximate surface area is 268 Å². The summed E-state index contributed by atoms with van der Waals surface area (Å²) < 4.78 is 5.75. The van der Waals surface area contributed by atoms with Crippen LogP contribution in [0.3, 0.4) is 0 Å². The quantitative estimate of drug-likeness (QED) is 0.235. The van der Waals surface area contributed by atoms with Crippen molar-refractivity contribution in [2.45, 2.75) is 116 Å². The van der Waals surface area contributed by atoms with Crippen LogP contribution in [0.15, 0.2) is 36.9 Å². The van der Waals surface area contributed by atoms with Gasteiger partial charge in [-0.2, -0.15) is 0 Å². The minimum Gasteiger partial charge on any atom is -0.446 e. The van der Waals surface area contributed by atoms with Crippen molar-refractivity contribution in [3.63, 3.8) is 0 Å². The molecule has 1 saturated heterocycles. The van der Waals surface area contributed by atoms with Crippen LogP contribution < -0.4 is 16.0 Å². The lowest BCUT2D eigenvalue weighted by Crippen LogP contribution is -2.58. The molecule has 248 valence electrons. The monoisotopic (exact) mass is 624 g/mol. The Kier molecular flexibility index (Phi) is 14.1. The van der Waals surface area contributed by atoms with Gasteiger partial charge in [-0.1, -0.05) is 70.9 Å². The molecule has 1 aromatic rings. The van der Waals surface area contributed by atoms with E-state index in [4.69, 9.17) is 4.74 Å². The van der Waals surface area contributed by atoms with E-state index in [0.717, 1.165) is 30.4 Å². The third kappa shape index (κ3) is 9.65. The molecule has 0 bridgehead atoms. The van der Waals surface area contributed by atoms with Crippen LogP contribution in [0.4, 0.5) is 4.79 Å². The number of alkyl carbamates (subject to hydrolysis) is 1. The number of rotatable bonds is 12. The van der Waals surface area contributed by atoms with Gasteiger partial charge in [0.15, 0.2) is 0 Å². The maximum absolute atomic E-state index is 14.1. The second-order valence-electron chi connectivity index (χ2n) is 12.5. The van der Waals surface area contributed by atoms with Gasteiger partial charge in [-0.25, -0.2) is 4.79 Å². The highest BCUT2D eigenvalue weighted by atomic mass is 16.6. The first-order chi connectivity index (χ1) is 21.6. The predicted molar refractivity (Wildman–Crippen MR) is 173 cm³/mol. The molecular formula is C35H52N4O6. The first-order valence-corrected chi connectivity index (χ1v) is 16.7. The van der Waals surface area contributed by atoms with Gasteiger partial charge in [0.25, 0.3) is 5.91 Å². The Bertz CT molecular complexity index is 1180. The number of likely N-dealkylation sites (tertiary alicyclic amines) is 1. The molecular weight excluding hydrogens is 572 g/mol. The lowest BCUT2D eigenvalue weighted by Gasteiger charge is -2.32. The molecule has 1 saturated carbocycles. The van der Waals surface area contributed by atoms with Crippen LogP contribution in [0.25, 0.3) is 0 Å². The molecule has 4 amide bonds. The molecule has 10 heteroatoms. The summed E-state index contributed by atoms with van der Waals surface area (Å²) in [5.41, 5.74) is 2.29. The number of carbonyl (C=O) groups is 5. The number of nitrogens with zero attached hydrogens (tertiary/aromatic N) is 1. The van der Waals surface area contributed by atoms with Crippen LogP contribution in [0.5, 0.6) is 0 Å². The Hall–Kier alpha value is -3.69.